The number of hydrogen-bond donors (Lipinski definition) is 2. The van der Waals surface area contributed by atoms with Gasteiger partial charge < -0.3 is 11.1 Å². The number of rotatable bonds is 2. The van der Waals surface area contributed by atoms with Gasteiger partial charge in [0, 0.05) is 0 Å². The van der Waals surface area contributed by atoms with Crippen LogP contribution in [0.3, 0.4) is 0 Å². The van der Waals surface area contributed by atoms with Crippen LogP contribution in [0.5, 0.6) is 0 Å². The number of nitrogens with one attached hydrogen (secondary N) is 1. The molecule has 94 valence electrons. The van der Waals surface area contributed by atoms with Crippen molar-refractivity contribution in [3.63, 3.8) is 0 Å². The fourth-order valence-corrected chi connectivity index (χ4v) is 1.08. The monoisotopic (exact) mass is 254 g/mol. The quantitative estimate of drug-likeness (QED) is 0.363. The molecule has 0 spiro atoms. The van der Waals surface area contributed by atoms with Crippen molar-refractivity contribution in [3.8, 4) is 0 Å². The van der Waals surface area contributed by atoms with Crippen molar-refractivity contribution in [1.29, 1.82) is 0 Å². The normalized spacial score (nSPS) is 12.4. The van der Waals surface area contributed by atoms with Crippen LogP contribution in [0, 0.1) is 29.1 Å². The van der Waals surface area contributed by atoms with Crippen molar-refractivity contribution < 1.29 is 26.7 Å². The molecule has 0 heterocycles. The maximum Gasteiger partial charge on any atom is 0.258 e. The Labute approximate surface area is 92.4 Å². The Morgan fingerprint density at radius 1 is 1.00 bits per heavy atom. The van der Waals surface area contributed by atoms with Gasteiger partial charge >= 0.3 is 0 Å². The predicted molar refractivity (Wildman–Crippen MR) is 47.3 cm³/mol. The van der Waals surface area contributed by atoms with Crippen molar-refractivity contribution in [2.24, 2.45) is 5.73 Å². The van der Waals surface area contributed by atoms with E-state index in [1.165, 1.54) is 6.92 Å². The summed E-state index contributed by atoms with van der Waals surface area (Å²) < 4.78 is 64.3. The van der Waals surface area contributed by atoms with Crippen LogP contribution in [0.4, 0.5) is 22.0 Å². The summed E-state index contributed by atoms with van der Waals surface area (Å²) in [4.78, 5) is 11.2. The highest BCUT2D eigenvalue weighted by Crippen LogP contribution is 2.22. The van der Waals surface area contributed by atoms with Crippen LogP contribution >= 0.6 is 0 Å². The zero-order valence-corrected chi connectivity index (χ0v) is 8.45. The Kier molecular flexibility index (Phi) is 3.66. The molecule has 1 atom stereocenters. The van der Waals surface area contributed by atoms with Gasteiger partial charge in [-0.1, -0.05) is 0 Å². The molecular formula is C9H7F5N2O. The third-order valence-corrected chi connectivity index (χ3v) is 1.80. The van der Waals surface area contributed by atoms with Gasteiger partial charge in [0.15, 0.2) is 23.3 Å². The Balaban J connectivity index is 3.39. The lowest BCUT2D eigenvalue weighted by Gasteiger charge is -2.11. The summed E-state index contributed by atoms with van der Waals surface area (Å²) in [6.45, 7) is 1.25. The second kappa shape index (κ2) is 4.66. The molecule has 0 saturated heterocycles. The highest BCUT2D eigenvalue weighted by Gasteiger charge is 2.29. The highest BCUT2D eigenvalue weighted by molar-refractivity contribution is 5.95. The zero-order chi connectivity index (χ0) is 13.3. The molecule has 0 aliphatic heterocycles. The van der Waals surface area contributed by atoms with E-state index < -0.39 is 46.7 Å². The number of benzene rings is 1. The van der Waals surface area contributed by atoms with Crippen LogP contribution in [-0.4, -0.2) is 12.1 Å². The Bertz CT molecular complexity index is 446. The van der Waals surface area contributed by atoms with E-state index in [4.69, 9.17) is 5.73 Å². The topological polar surface area (TPSA) is 55.1 Å². The molecule has 1 aromatic carbocycles. The standard InChI is InChI=1S/C9H7F5N2O/c1-2(15)16-9(17)3-4(10)6(12)8(14)7(13)5(3)11/h2H,15H2,1H3,(H,16,17). The van der Waals surface area contributed by atoms with Gasteiger partial charge in [-0.2, -0.15) is 0 Å². The second-order valence-electron chi connectivity index (χ2n) is 3.21. The molecule has 0 bridgehead atoms. The molecule has 0 radical (unpaired) electrons. The van der Waals surface area contributed by atoms with Gasteiger partial charge in [0.25, 0.3) is 5.91 Å². The zero-order valence-electron chi connectivity index (χ0n) is 8.45. The van der Waals surface area contributed by atoms with Crippen LogP contribution < -0.4 is 11.1 Å². The predicted octanol–water partition coefficient (Wildman–Crippen LogP) is 1.42. The van der Waals surface area contributed by atoms with Crippen LogP contribution in [0.25, 0.3) is 0 Å². The summed E-state index contributed by atoms with van der Waals surface area (Å²) in [5, 5.41) is 1.82. The Morgan fingerprint density at radius 3 is 1.71 bits per heavy atom. The Hall–Kier alpha value is -1.70. The van der Waals surface area contributed by atoms with Crippen molar-refractivity contribution in [2.45, 2.75) is 13.1 Å². The summed E-state index contributed by atoms with van der Waals surface area (Å²) in [5.74, 6) is -12.6. The van der Waals surface area contributed by atoms with E-state index in [9.17, 15) is 26.7 Å². The molecule has 0 saturated carbocycles. The van der Waals surface area contributed by atoms with Crippen molar-refractivity contribution in [1.82, 2.24) is 5.32 Å². The average Bonchev–Trinajstić information content (AvgIpc) is 2.23. The number of nitrogens with two attached hydrogens (primary N) is 1. The fraction of sp³-hybridized carbons (Fsp3) is 0.222. The lowest BCUT2D eigenvalue weighted by molar-refractivity contribution is 0.0929. The molecule has 0 aromatic heterocycles. The summed E-state index contributed by atoms with van der Waals surface area (Å²) in [6.07, 6.45) is -1.00. The van der Waals surface area contributed by atoms with E-state index in [1.54, 1.807) is 0 Å². The minimum atomic E-state index is -2.32. The van der Waals surface area contributed by atoms with E-state index >= 15 is 0 Å². The SMILES string of the molecule is CC(N)NC(=O)c1c(F)c(F)c(F)c(F)c1F. The molecule has 1 amide bonds. The van der Waals surface area contributed by atoms with Gasteiger partial charge in [-0.3, -0.25) is 4.79 Å². The summed E-state index contributed by atoms with van der Waals surface area (Å²) in [6, 6.07) is 0. The van der Waals surface area contributed by atoms with Crippen molar-refractivity contribution >= 4 is 5.91 Å². The number of halogens is 5. The number of amides is 1. The Morgan fingerprint density at radius 2 is 1.35 bits per heavy atom. The van der Waals surface area contributed by atoms with Gasteiger partial charge in [-0.05, 0) is 6.92 Å². The minimum Gasteiger partial charge on any atom is -0.337 e. The van der Waals surface area contributed by atoms with E-state index in [2.05, 4.69) is 0 Å². The van der Waals surface area contributed by atoms with Crippen LogP contribution in [-0.2, 0) is 0 Å². The number of carbonyl (C=O) groups excluding carboxylic acids is 1. The molecule has 1 aromatic rings. The van der Waals surface area contributed by atoms with Crippen LogP contribution in [0.15, 0.2) is 0 Å². The third-order valence-electron chi connectivity index (χ3n) is 1.80. The smallest absolute Gasteiger partial charge is 0.258 e. The third kappa shape index (κ3) is 2.36. The van der Waals surface area contributed by atoms with Crippen molar-refractivity contribution in [2.75, 3.05) is 0 Å². The summed E-state index contributed by atoms with van der Waals surface area (Å²) >= 11 is 0. The second-order valence-corrected chi connectivity index (χ2v) is 3.21. The molecule has 0 aliphatic rings. The summed E-state index contributed by atoms with van der Waals surface area (Å²) in [5.41, 5.74) is 3.54. The van der Waals surface area contributed by atoms with Gasteiger partial charge in [0.05, 0.1) is 6.17 Å². The van der Waals surface area contributed by atoms with E-state index in [0.29, 0.717) is 0 Å². The largest absolute Gasteiger partial charge is 0.337 e. The molecule has 1 rings (SSSR count). The van der Waals surface area contributed by atoms with Crippen LogP contribution in [0.2, 0.25) is 0 Å². The summed E-state index contributed by atoms with van der Waals surface area (Å²) in [7, 11) is 0. The molecule has 1 unspecified atom stereocenters. The first-order valence-electron chi connectivity index (χ1n) is 4.35. The molecule has 3 N–H and O–H groups in total. The van der Waals surface area contributed by atoms with Gasteiger partial charge in [-0.25, -0.2) is 22.0 Å². The van der Waals surface area contributed by atoms with Crippen LogP contribution in [0.1, 0.15) is 17.3 Å². The number of hydrogen-bond acceptors (Lipinski definition) is 2. The van der Waals surface area contributed by atoms with Gasteiger partial charge in [0.2, 0.25) is 5.82 Å². The molecule has 0 fully saturated rings. The first kappa shape index (κ1) is 13.4. The number of carbonyl (C=O) groups is 1. The lowest BCUT2D eigenvalue weighted by Crippen LogP contribution is -2.40. The molecule has 17 heavy (non-hydrogen) atoms. The minimum absolute atomic E-state index is 1.00. The van der Waals surface area contributed by atoms with Crippen molar-refractivity contribution in [3.05, 3.63) is 34.6 Å². The first-order valence-corrected chi connectivity index (χ1v) is 4.35. The fourth-order valence-electron chi connectivity index (χ4n) is 1.08. The van der Waals surface area contributed by atoms with E-state index in [0.717, 1.165) is 0 Å². The van der Waals surface area contributed by atoms with Gasteiger partial charge in [-0.15, -0.1) is 0 Å². The molecule has 8 heteroatoms. The van der Waals surface area contributed by atoms with E-state index in [-0.39, 0.29) is 0 Å². The maximum atomic E-state index is 13.1. The molecular weight excluding hydrogens is 247 g/mol. The van der Waals surface area contributed by atoms with Gasteiger partial charge in [0.1, 0.15) is 5.56 Å². The lowest BCUT2D eigenvalue weighted by atomic mass is 10.1. The molecule has 3 nitrogen and oxygen atoms in total. The highest BCUT2D eigenvalue weighted by atomic mass is 19.2. The maximum absolute atomic E-state index is 13.1. The average molecular weight is 254 g/mol. The van der Waals surface area contributed by atoms with E-state index in [1.807, 2.05) is 5.32 Å². The molecule has 0 aliphatic carbocycles. The first-order chi connectivity index (χ1) is 7.77.